The van der Waals surface area contributed by atoms with Crippen LogP contribution in [-0.4, -0.2) is 34.3 Å². The quantitative estimate of drug-likeness (QED) is 0.293. The molecule has 1 aliphatic carbocycles. The Balaban J connectivity index is 2.57. The molecule has 0 saturated carbocycles. The van der Waals surface area contributed by atoms with E-state index in [2.05, 4.69) is 4.74 Å². The zero-order chi connectivity index (χ0) is 11.0. The Kier molecular flexibility index (Phi) is 2.44. The van der Waals surface area contributed by atoms with Crippen LogP contribution in [0, 0.1) is 0 Å². The standard InChI is InChI=1S/C10H9ClNO3/c1-2-12-8-4-3-6(11)5-7(8)9(13)15-10(12)14/h3-6H,2H2,1H3/q+1. The van der Waals surface area contributed by atoms with Gasteiger partial charge in [-0.05, 0) is 13.0 Å². The summed E-state index contributed by atoms with van der Waals surface area (Å²) in [4.78, 5) is 22.7. The van der Waals surface area contributed by atoms with Crippen molar-refractivity contribution < 1.29 is 18.9 Å². The van der Waals surface area contributed by atoms with Crippen molar-refractivity contribution in [2.75, 3.05) is 6.54 Å². The van der Waals surface area contributed by atoms with Crippen LogP contribution >= 0.6 is 11.6 Å². The van der Waals surface area contributed by atoms with Gasteiger partial charge in [0.15, 0.2) is 6.54 Å². The van der Waals surface area contributed by atoms with Crippen LogP contribution in [-0.2, 0) is 9.53 Å². The number of cyclic esters (lactones) is 2. The molecule has 78 valence electrons. The van der Waals surface area contributed by atoms with Crippen molar-refractivity contribution in [2.45, 2.75) is 12.3 Å². The highest BCUT2D eigenvalue weighted by Crippen LogP contribution is 2.18. The van der Waals surface area contributed by atoms with Gasteiger partial charge >= 0.3 is 12.1 Å². The van der Waals surface area contributed by atoms with E-state index in [4.69, 9.17) is 11.6 Å². The van der Waals surface area contributed by atoms with Crippen molar-refractivity contribution in [3.05, 3.63) is 23.8 Å². The molecule has 2 rings (SSSR count). The lowest BCUT2D eigenvalue weighted by Crippen LogP contribution is -2.39. The third-order valence-corrected chi connectivity index (χ3v) is 2.54. The molecular weight excluding hydrogens is 218 g/mol. The van der Waals surface area contributed by atoms with E-state index < -0.39 is 12.1 Å². The highest BCUT2D eigenvalue weighted by atomic mass is 35.5. The number of halogens is 1. The van der Waals surface area contributed by atoms with Crippen molar-refractivity contribution in [1.29, 1.82) is 0 Å². The first-order valence-electron chi connectivity index (χ1n) is 4.58. The summed E-state index contributed by atoms with van der Waals surface area (Å²) in [6.07, 6.45) is 4.34. The van der Waals surface area contributed by atoms with Crippen molar-refractivity contribution in [2.24, 2.45) is 0 Å². The first-order valence-corrected chi connectivity index (χ1v) is 5.02. The molecule has 0 N–H and O–H groups in total. The average Bonchev–Trinajstić information content (AvgIpc) is 2.19. The Morgan fingerprint density at radius 2 is 2.27 bits per heavy atom. The number of nitrogens with zero attached hydrogens (tertiary/aromatic N) is 1. The lowest BCUT2D eigenvalue weighted by atomic mass is 10.0. The fraction of sp³-hybridized carbons (Fsp3) is 0.300. The van der Waals surface area contributed by atoms with E-state index in [9.17, 15) is 9.59 Å². The molecule has 2 aliphatic rings. The van der Waals surface area contributed by atoms with Gasteiger partial charge in [0.1, 0.15) is 5.57 Å². The summed E-state index contributed by atoms with van der Waals surface area (Å²) in [5.74, 6) is -0.630. The number of esters is 1. The third kappa shape index (κ3) is 1.61. The van der Waals surface area contributed by atoms with Crippen LogP contribution in [0.2, 0.25) is 0 Å². The van der Waals surface area contributed by atoms with Crippen LogP contribution in [0.5, 0.6) is 0 Å². The molecule has 0 radical (unpaired) electrons. The fourth-order valence-corrected chi connectivity index (χ4v) is 1.77. The normalized spacial score (nSPS) is 24.9. The zero-order valence-corrected chi connectivity index (χ0v) is 8.82. The number of fused-ring (bicyclic) bond motifs is 1. The number of carbonyl (C=O) groups excluding carboxylic acids is 2. The van der Waals surface area contributed by atoms with Crippen LogP contribution in [0.1, 0.15) is 6.92 Å². The smallest absolute Gasteiger partial charge is 0.333 e. The zero-order valence-electron chi connectivity index (χ0n) is 8.07. The van der Waals surface area contributed by atoms with Crippen molar-refractivity contribution in [3.63, 3.8) is 0 Å². The molecular formula is C10H9ClNO3+. The van der Waals surface area contributed by atoms with Gasteiger partial charge in [-0.2, -0.15) is 4.79 Å². The molecule has 0 aromatic heterocycles. The lowest BCUT2D eigenvalue weighted by molar-refractivity contribution is -0.441. The van der Waals surface area contributed by atoms with E-state index in [0.717, 1.165) is 0 Å². The summed E-state index contributed by atoms with van der Waals surface area (Å²) < 4.78 is 5.97. The van der Waals surface area contributed by atoms with Crippen LogP contribution < -0.4 is 0 Å². The Labute approximate surface area is 91.5 Å². The second-order valence-corrected chi connectivity index (χ2v) is 3.67. The van der Waals surface area contributed by atoms with Gasteiger partial charge in [0, 0.05) is 6.08 Å². The van der Waals surface area contributed by atoms with Gasteiger partial charge in [0.05, 0.1) is 5.38 Å². The number of alkyl halides is 1. The summed E-state index contributed by atoms with van der Waals surface area (Å²) in [5, 5.41) is -0.330. The van der Waals surface area contributed by atoms with E-state index in [1.165, 1.54) is 4.58 Å². The van der Waals surface area contributed by atoms with Crippen molar-refractivity contribution in [3.8, 4) is 0 Å². The van der Waals surface area contributed by atoms with Crippen LogP contribution in [0.25, 0.3) is 0 Å². The third-order valence-electron chi connectivity index (χ3n) is 2.27. The molecule has 0 bridgehead atoms. The predicted molar refractivity (Wildman–Crippen MR) is 54.2 cm³/mol. The van der Waals surface area contributed by atoms with Gasteiger partial charge in [-0.25, -0.2) is 4.79 Å². The molecule has 1 aliphatic heterocycles. The molecule has 5 heteroatoms. The van der Waals surface area contributed by atoms with Gasteiger partial charge in [0.25, 0.3) is 0 Å². The Morgan fingerprint density at radius 1 is 1.53 bits per heavy atom. The molecule has 0 saturated heterocycles. The largest absolute Gasteiger partial charge is 0.605 e. The molecule has 0 aromatic rings. The van der Waals surface area contributed by atoms with Gasteiger partial charge in [-0.3, -0.25) is 0 Å². The van der Waals surface area contributed by atoms with Crippen LogP contribution in [0.15, 0.2) is 23.8 Å². The Morgan fingerprint density at radius 3 is 2.93 bits per heavy atom. The van der Waals surface area contributed by atoms with Crippen LogP contribution in [0.4, 0.5) is 4.79 Å². The summed E-state index contributed by atoms with van der Waals surface area (Å²) >= 11 is 5.84. The summed E-state index contributed by atoms with van der Waals surface area (Å²) in [6, 6.07) is 0. The molecule has 0 fully saturated rings. The maximum absolute atomic E-state index is 11.4. The minimum absolute atomic E-state index is 0.330. The van der Waals surface area contributed by atoms with Gasteiger partial charge < -0.3 is 4.74 Å². The maximum atomic E-state index is 11.4. The highest BCUT2D eigenvalue weighted by molar-refractivity contribution is 6.30. The molecule has 4 nitrogen and oxygen atoms in total. The SMILES string of the molecule is CC[N+]1=C2C=CC(Cl)C=C2C(=O)OC1=O. The van der Waals surface area contributed by atoms with E-state index >= 15 is 0 Å². The lowest BCUT2D eigenvalue weighted by Gasteiger charge is -2.15. The maximum Gasteiger partial charge on any atom is 0.605 e. The van der Waals surface area contributed by atoms with E-state index in [1.54, 1.807) is 18.2 Å². The number of hydrogen-bond acceptors (Lipinski definition) is 3. The van der Waals surface area contributed by atoms with Crippen molar-refractivity contribution >= 4 is 29.4 Å². The number of hydrogen-bond donors (Lipinski definition) is 0. The van der Waals surface area contributed by atoms with Crippen molar-refractivity contribution in [1.82, 2.24) is 0 Å². The molecule has 1 amide bonds. The molecule has 1 atom stereocenters. The first kappa shape index (κ1) is 10.1. The monoisotopic (exact) mass is 226 g/mol. The second kappa shape index (κ2) is 3.62. The summed E-state index contributed by atoms with van der Waals surface area (Å²) in [7, 11) is 0. The van der Waals surface area contributed by atoms with E-state index in [1.807, 2.05) is 6.92 Å². The van der Waals surface area contributed by atoms with Gasteiger partial charge in [-0.15, -0.1) is 16.2 Å². The topological polar surface area (TPSA) is 46.4 Å². The number of rotatable bonds is 1. The number of ether oxygens (including phenoxy) is 1. The second-order valence-electron chi connectivity index (χ2n) is 3.17. The minimum Gasteiger partial charge on any atom is -0.333 e. The highest BCUT2D eigenvalue weighted by Gasteiger charge is 2.39. The van der Waals surface area contributed by atoms with Crippen LogP contribution in [0.3, 0.4) is 0 Å². The molecule has 0 aromatic carbocycles. The molecule has 1 heterocycles. The van der Waals surface area contributed by atoms with Gasteiger partial charge in [0.2, 0.25) is 5.71 Å². The number of amides is 1. The molecule has 1 unspecified atom stereocenters. The molecule has 0 spiro atoms. The predicted octanol–water partition coefficient (Wildman–Crippen LogP) is 1.24. The first-order chi connectivity index (χ1) is 7.13. The van der Waals surface area contributed by atoms with E-state index in [-0.39, 0.29) is 5.38 Å². The Bertz CT molecular complexity index is 434. The fourth-order valence-electron chi connectivity index (χ4n) is 1.57. The summed E-state index contributed by atoms with van der Waals surface area (Å²) in [6.45, 7) is 2.26. The molecule has 15 heavy (non-hydrogen) atoms. The van der Waals surface area contributed by atoms with E-state index in [0.29, 0.717) is 17.8 Å². The summed E-state index contributed by atoms with van der Waals surface area (Å²) in [5.41, 5.74) is 0.926. The average molecular weight is 227 g/mol. The number of allylic oxidation sites excluding steroid dienone is 3. The Hall–Kier alpha value is -1.42. The minimum atomic E-state index is -0.632. The number of carbonyl (C=O) groups is 2. The van der Waals surface area contributed by atoms with Gasteiger partial charge in [-0.1, -0.05) is 6.08 Å².